The first-order valence-electron chi connectivity index (χ1n) is 10.4. The van der Waals surface area contributed by atoms with Gasteiger partial charge in [-0.25, -0.2) is 9.78 Å². The van der Waals surface area contributed by atoms with E-state index >= 15 is 0 Å². The van der Waals surface area contributed by atoms with Gasteiger partial charge in [0.15, 0.2) is 0 Å². The zero-order valence-electron chi connectivity index (χ0n) is 17.2. The molecule has 2 amide bonds. The number of nitrogens with one attached hydrogen (secondary N) is 1. The zero-order valence-corrected chi connectivity index (χ0v) is 17.2. The minimum absolute atomic E-state index is 0.0745. The molecule has 1 aromatic carbocycles. The number of piperidine rings is 1. The fourth-order valence-electron chi connectivity index (χ4n) is 3.92. The summed E-state index contributed by atoms with van der Waals surface area (Å²) in [6, 6.07) is 11.2. The Morgan fingerprint density at radius 3 is 2.71 bits per heavy atom. The van der Waals surface area contributed by atoms with Crippen molar-refractivity contribution in [2.45, 2.75) is 51.7 Å². The molecule has 1 fully saturated rings. The van der Waals surface area contributed by atoms with Gasteiger partial charge in [-0.3, -0.25) is 4.90 Å². The quantitative estimate of drug-likeness (QED) is 0.713. The summed E-state index contributed by atoms with van der Waals surface area (Å²) < 4.78 is 2.17. The van der Waals surface area contributed by atoms with Gasteiger partial charge in [0.2, 0.25) is 0 Å². The van der Waals surface area contributed by atoms with Gasteiger partial charge in [0.25, 0.3) is 0 Å². The second-order valence-corrected chi connectivity index (χ2v) is 7.59. The fraction of sp³-hybridized carbons (Fsp3) is 0.545. The van der Waals surface area contributed by atoms with Crippen LogP contribution in [0.15, 0.2) is 42.7 Å². The summed E-state index contributed by atoms with van der Waals surface area (Å²) in [5.41, 5.74) is 1.34. The van der Waals surface area contributed by atoms with Gasteiger partial charge in [0.05, 0.1) is 0 Å². The lowest BCUT2D eigenvalue weighted by atomic mass is 10.0. The zero-order chi connectivity index (χ0) is 19.8. The molecular weight excluding hydrogens is 350 g/mol. The molecule has 2 aromatic rings. The van der Waals surface area contributed by atoms with Gasteiger partial charge in [-0.1, -0.05) is 37.3 Å². The third-order valence-corrected chi connectivity index (χ3v) is 5.62. The Kier molecular flexibility index (Phi) is 7.48. The summed E-state index contributed by atoms with van der Waals surface area (Å²) in [6.45, 7) is 6.34. The number of hydrogen-bond donors (Lipinski definition) is 1. The molecule has 1 aromatic heterocycles. The SMILES string of the molecule is CCc1nccn1CCCNC(=O)N1CCC(N(C)Cc2ccccc2)CC1. The minimum atomic E-state index is 0.0745. The standard InChI is InChI=1S/C22H33N5O/c1-3-21-23-13-17-26(21)14-7-12-24-22(28)27-15-10-20(11-16-27)25(2)18-19-8-5-4-6-9-19/h4-6,8-9,13,17,20H,3,7,10-12,14-16,18H2,1-2H3,(H,24,28). The maximum absolute atomic E-state index is 12.4. The highest BCUT2D eigenvalue weighted by molar-refractivity contribution is 5.74. The Hall–Kier alpha value is -2.34. The van der Waals surface area contributed by atoms with Crippen molar-refractivity contribution in [1.29, 1.82) is 0 Å². The molecule has 0 saturated carbocycles. The first-order valence-corrected chi connectivity index (χ1v) is 10.4. The molecule has 1 aliphatic rings. The van der Waals surface area contributed by atoms with Crippen LogP contribution in [0, 0.1) is 0 Å². The number of imidazole rings is 1. The number of carbonyl (C=O) groups excluding carboxylic acids is 1. The number of likely N-dealkylation sites (tertiary alicyclic amines) is 1. The average molecular weight is 384 g/mol. The molecule has 1 N–H and O–H groups in total. The number of hydrogen-bond acceptors (Lipinski definition) is 3. The van der Waals surface area contributed by atoms with E-state index in [-0.39, 0.29) is 6.03 Å². The first-order chi connectivity index (χ1) is 13.7. The molecule has 1 aliphatic heterocycles. The lowest BCUT2D eigenvalue weighted by molar-refractivity contribution is 0.131. The summed E-state index contributed by atoms with van der Waals surface area (Å²) in [5.74, 6) is 1.10. The highest BCUT2D eigenvalue weighted by Crippen LogP contribution is 2.17. The topological polar surface area (TPSA) is 53.4 Å². The van der Waals surface area contributed by atoms with Crippen LogP contribution in [-0.4, -0.2) is 58.1 Å². The fourth-order valence-corrected chi connectivity index (χ4v) is 3.92. The van der Waals surface area contributed by atoms with E-state index in [1.165, 1.54) is 5.56 Å². The molecule has 2 heterocycles. The molecule has 0 atom stereocenters. The second kappa shape index (κ2) is 10.3. The largest absolute Gasteiger partial charge is 0.338 e. The third kappa shape index (κ3) is 5.58. The predicted molar refractivity (Wildman–Crippen MR) is 112 cm³/mol. The van der Waals surface area contributed by atoms with Gasteiger partial charge in [0.1, 0.15) is 5.82 Å². The summed E-state index contributed by atoms with van der Waals surface area (Å²) in [7, 11) is 2.19. The van der Waals surface area contributed by atoms with E-state index < -0.39 is 0 Å². The van der Waals surface area contributed by atoms with Crippen molar-refractivity contribution >= 4 is 6.03 Å². The van der Waals surface area contributed by atoms with Gasteiger partial charge in [-0.15, -0.1) is 0 Å². The van der Waals surface area contributed by atoms with Crippen molar-refractivity contribution in [3.63, 3.8) is 0 Å². The Morgan fingerprint density at radius 2 is 2.00 bits per heavy atom. The van der Waals surface area contributed by atoms with E-state index in [0.717, 1.165) is 57.7 Å². The molecular formula is C22H33N5O. The van der Waals surface area contributed by atoms with Crippen LogP contribution in [0.5, 0.6) is 0 Å². The highest BCUT2D eigenvalue weighted by Gasteiger charge is 2.25. The van der Waals surface area contributed by atoms with Gasteiger partial charge in [-0.05, 0) is 31.9 Å². The third-order valence-electron chi connectivity index (χ3n) is 5.62. The van der Waals surface area contributed by atoms with Crippen molar-refractivity contribution in [2.75, 3.05) is 26.7 Å². The summed E-state index contributed by atoms with van der Waals surface area (Å²) in [5, 5.41) is 3.08. The number of nitrogens with zero attached hydrogens (tertiary/aromatic N) is 4. The van der Waals surface area contributed by atoms with E-state index in [1.54, 1.807) is 0 Å². The number of aromatic nitrogens is 2. The van der Waals surface area contributed by atoms with Gasteiger partial charge in [-0.2, -0.15) is 0 Å². The van der Waals surface area contributed by atoms with Crippen LogP contribution < -0.4 is 5.32 Å². The molecule has 0 radical (unpaired) electrons. The maximum Gasteiger partial charge on any atom is 0.317 e. The van der Waals surface area contributed by atoms with Crippen LogP contribution in [0.25, 0.3) is 0 Å². The lowest BCUT2D eigenvalue weighted by Crippen LogP contribution is -2.48. The van der Waals surface area contributed by atoms with Gasteiger partial charge in [0, 0.05) is 57.6 Å². The number of amides is 2. The van der Waals surface area contributed by atoms with Crippen molar-refractivity contribution in [3.8, 4) is 0 Å². The minimum Gasteiger partial charge on any atom is -0.338 e. The molecule has 6 nitrogen and oxygen atoms in total. The van der Waals surface area contributed by atoms with E-state index in [2.05, 4.69) is 64.1 Å². The van der Waals surface area contributed by atoms with Crippen molar-refractivity contribution in [3.05, 3.63) is 54.1 Å². The molecule has 0 aliphatic carbocycles. The second-order valence-electron chi connectivity index (χ2n) is 7.59. The van der Waals surface area contributed by atoms with Crippen molar-refractivity contribution < 1.29 is 4.79 Å². The van der Waals surface area contributed by atoms with Crippen LogP contribution in [0.2, 0.25) is 0 Å². The normalized spacial score (nSPS) is 15.2. The number of aryl methyl sites for hydroxylation is 2. The Morgan fingerprint density at radius 1 is 1.25 bits per heavy atom. The Labute approximate surface area is 168 Å². The molecule has 0 unspecified atom stereocenters. The molecule has 3 rings (SSSR count). The van der Waals surface area contributed by atoms with Crippen LogP contribution in [0.4, 0.5) is 4.79 Å². The van der Waals surface area contributed by atoms with Crippen LogP contribution in [0.3, 0.4) is 0 Å². The Balaban J connectivity index is 1.34. The molecule has 0 bridgehead atoms. The summed E-state index contributed by atoms with van der Waals surface area (Å²) >= 11 is 0. The Bertz CT molecular complexity index is 722. The van der Waals surface area contributed by atoms with Crippen molar-refractivity contribution in [2.24, 2.45) is 0 Å². The van der Waals surface area contributed by atoms with Gasteiger partial charge < -0.3 is 14.8 Å². The van der Waals surface area contributed by atoms with Crippen molar-refractivity contribution in [1.82, 2.24) is 24.7 Å². The van der Waals surface area contributed by atoms with Crippen LogP contribution in [-0.2, 0) is 19.5 Å². The molecule has 152 valence electrons. The van der Waals surface area contributed by atoms with E-state index in [9.17, 15) is 4.79 Å². The molecule has 0 spiro atoms. The van der Waals surface area contributed by atoms with Crippen LogP contribution in [0.1, 0.15) is 37.6 Å². The average Bonchev–Trinajstić information content (AvgIpc) is 3.19. The highest BCUT2D eigenvalue weighted by atomic mass is 16.2. The molecule has 6 heteroatoms. The van der Waals surface area contributed by atoms with Crippen LogP contribution >= 0.6 is 0 Å². The summed E-state index contributed by atoms with van der Waals surface area (Å²) in [4.78, 5) is 21.1. The number of carbonyl (C=O) groups is 1. The summed E-state index contributed by atoms with van der Waals surface area (Å²) in [6.07, 6.45) is 7.78. The number of benzene rings is 1. The monoisotopic (exact) mass is 383 g/mol. The van der Waals surface area contributed by atoms with E-state index in [4.69, 9.17) is 0 Å². The van der Waals surface area contributed by atoms with E-state index in [0.29, 0.717) is 12.6 Å². The molecule has 1 saturated heterocycles. The maximum atomic E-state index is 12.4. The first kappa shape index (κ1) is 20.4. The lowest BCUT2D eigenvalue weighted by Gasteiger charge is -2.36. The smallest absolute Gasteiger partial charge is 0.317 e. The molecule has 28 heavy (non-hydrogen) atoms. The number of rotatable bonds is 8. The predicted octanol–water partition coefficient (Wildman–Crippen LogP) is 3.14. The number of urea groups is 1. The van der Waals surface area contributed by atoms with Gasteiger partial charge >= 0.3 is 6.03 Å². The van der Waals surface area contributed by atoms with E-state index in [1.807, 2.05) is 17.3 Å².